The van der Waals surface area contributed by atoms with Gasteiger partial charge >= 0.3 is 6.18 Å². The summed E-state index contributed by atoms with van der Waals surface area (Å²) in [7, 11) is 0. The number of hydrogen-bond donors (Lipinski definition) is 0. The van der Waals surface area contributed by atoms with Gasteiger partial charge in [-0.2, -0.15) is 22.8 Å². The van der Waals surface area contributed by atoms with Crippen LogP contribution in [0.5, 0.6) is 0 Å². The van der Waals surface area contributed by atoms with Crippen LogP contribution in [0.2, 0.25) is 0 Å². The van der Waals surface area contributed by atoms with Crippen molar-refractivity contribution in [1.82, 2.24) is 0 Å². The minimum absolute atomic E-state index is 0.363. The van der Waals surface area contributed by atoms with Crippen LogP contribution in [0.4, 0.5) is 17.6 Å². The molecule has 2 saturated carbocycles. The lowest BCUT2D eigenvalue weighted by atomic mass is 9.77. The van der Waals surface area contributed by atoms with Gasteiger partial charge in [0.25, 0.3) is 0 Å². The smallest absolute Gasteiger partial charge is 0.195 e. The number of allylic oxidation sites excluding steroid dienone is 4. The minimum Gasteiger partial charge on any atom is -0.195 e. The largest absolute Gasteiger partial charge is 0.416 e. The number of nitriles is 1. The monoisotopic (exact) mass is 433 g/mol. The van der Waals surface area contributed by atoms with Gasteiger partial charge in [0.2, 0.25) is 0 Å². The highest BCUT2D eigenvalue weighted by atomic mass is 19.4. The maximum absolute atomic E-state index is 12.9. The second kappa shape index (κ2) is 11.0. The van der Waals surface area contributed by atoms with E-state index in [1.807, 2.05) is 0 Å². The molecule has 1 aromatic rings. The van der Waals surface area contributed by atoms with Crippen LogP contribution in [-0.2, 0) is 6.18 Å². The van der Waals surface area contributed by atoms with Crippen LogP contribution in [0.15, 0.2) is 48.3 Å². The molecule has 0 heterocycles. The molecule has 0 bridgehead atoms. The lowest BCUT2D eigenvalue weighted by molar-refractivity contribution is -0.137. The van der Waals surface area contributed by atoms with E-state index < -0.39 is 17.6 Å². The number of benzene rings is 1. The van der Waals surface area contributed by atoms with Crippen molar-refractivity contribution in [1.29, 1.82) is 5.26 Å². The van der Waals surface area contributed by atoms with Gasteiger partial charge in [0.05, 0.1) is 5.56 Å². The molecule has 2 fully saturated rings. The van der Waals surface area contributed by atoms with Crippen molar-refractivity contribution in [2.45, 2.75) is 76.3 Å². The van der Waals surface area contributed by atoms with Crippen molar-refractivity contribution in [2.24, 2.45) is 17.8 Å². The Hall–Kier alpha value is -2.09. The summed E-state index contributed by atoms with van der Waals surface area (Å²) >= 11 is 0. The van der Waals surface area contributed by atoms with Crippen LogP contribution in [0.25, 0.3) is 0 Å². The zero-order valence-corrected chi connectivity index (χ0v) is 17.9. The quantitative estimate of drug-likeness (QED) is 0.251. The predicted octanol–water partition coefficient (Wildman–Crippen LogP) is 8.50. The molecule has 5 heteroatoms. The molecule has 0 unspecified atom stereocenters. The summed E-state index contributed by atoms with van der Waals surface area (Å²) in [6.07, 6.45) is 12.4. The Kier molecular flexibility index (Phi) is 8.35. The van der Waals surface area contributed by atoms with E-state index in [0.29, 0.717) is 30.1 Å². The van der Waals surface area contributed by atoms with Crippen LogP contribution in [0.1, 0.15) is 81.3 Å². The lowest BCUT2D eigenvalue weighted by Crippen LogP contribution is -2.14. The van der Waals surface area contributed by atoms with Crippen molar-refractivity contribution in [3.63, 3.8) is 0 Å². The van der Waals surface area contributed by atoms with Gasteiger partial charge in [0.1, 0.15) is 6.07 Å². The molecule has 2 aliphatic rings. The van der Waals surface area contributed by atoms with E-state index in [1.54, 1.807) is 12.1 Å². The highest BCUT2D eigenvalue weighted by Crippen LogP contribution is 2.39. The molecule has 0 spiro atoms. The molecule has 0 saturated heterocycles. The summed E-state index contributed by atoms with van der Waals surface area (Å²) in [6.45, 7) is 0. The first-order valence-electron chi connectivity index (χ1n) is 11.5. The molecular weight excluding hydrogens is 402 g/mol. The topological polar surface area (TPSA) is 23.8 Å². The first kappa shape index (κ1) is 23.6. The fourth-order valence-corrected chi connectivity index (χ4v) is 5.06. The van der Waals surface area contributed by atoms with Gasteiger partial charge in [0.15, 0.2) is 5.83 Å². The Morgan fingerprint density at radius 3 is 1.97 bits per heavy atom. The molecule has 31 heavy (non-hydrogen) atoms. The van der Waals surface area contributed by atoms with Crippen LogP contribution in [0.3, 0.4) is 0 Å². The third-order valence-corrected chi connectivity index (χ3v) is 7.03. The summed E-state index contributed by atoms with van der Waals surface area (Å²) < 4.78 is 51.1. The average Bonchev–Trinajstić information content (AvgIpc) is 2.78. The SMILES string of the molecule is N#CC(F)=CCCC1CCC(C=CC2CCC(c3ccc(C(F)(F)F)cc3)CC2)CC1. The summed E-state index contributed by atoms with van der Waals surface area (Å²) in [5.74, 6) is 1.51. The molecule has 1 aromatic carbocycles. The van der Waals surface area contributed by atoms with E-state index in [0.717, 1.165) is 50.5 Å². The standard InChI is InChI=1S/C26H31F4N/c27-25(18-31)3-1-2-19-4-6-20(7-5-19)8-9-21-10-12-22(13-11-21)23-14-16-24(17-15-23)26(28,29)30/h3,8-9,14-17,19-22H,1-2,4-7,10-13H2. The molecule has 168 valence electrons. The fourth-order valence-electron chi connectivity index (χ4n) is 5.06. The number of nitrogens with zero attached hydrogens (tertiary/aromatic N) is 1. The third kappa shape index (κ3) is 7.23. The summed E-state index contributed by atoms with van der Waals surface area (Å²) in [5, 5.41) is 8.44. The van der Waals surface area contributed by atoms with Crippen LogP contribution in [0, 0.1) is 29.1 Å². The summed E-state index contributed by atoms with van der Waals surface area (Å²) in [4.78, 5) is 0. The molecule has 0 aromatic heterocycles. The fraction of sp³-hybridized carbons (Fsp3) is 0.577. The summed E-state index contributed by atoms with van der Waals surface area (Å²) in [6, 6.07) is 7.22. The number of rotatable bonds is 6. The second-order valence-corrected chi connectivity index (χ2v) is 9.14. The number of halogens is 4. The Balaban J connectivity index is 1.38. The Morgan fingerprint density at radius 2 is 1.45 bits per heavy atom. The van der Waals surface area contributed by atoms with E-state index in [9.17, 15) is 17.6 Å². The van der Waals surface area contributed by atoms with Crippen LogP contribution in [-0.4, -0.2) is 0 Å². The van der Waals surface area contributed by atoms with Gasteiger partial charge in [-0.15, -0.1) is 0 Å². The zero-order valence-electron chi connectivity index (χ0n) is 17.9. The highest BCUT2D eigenvalue weighted by Gasteiger charge is 2.30. The first-order chi connectivity index (χ1) is 14.8. The molecule has 0 amide bonds. The van der Waals surface area contributed by atoms with Crippen molar-refractivity contribution in [3.8, 4) is 6.07 Å². The van der Waals surface area contributed by atoms with Crippen LogP contribution < -0.4 is 0 Å². The molecule has 0 N–H and O–H groups in total. The minimum atomic E-state index is -4.27. The van der Waals surface area contributed by atoms with Crippen molar-refractivity contribution in [2.75, 3.05) is 0 Å². The van der Waals surface area contributed by atoms with Gasteiger partial charge in [-0.3, -0.25) is 0 Å². The van der Waals surface area contributed by atoms with E-state index in [2.05, 4.69) is 12.2 Å². The molecule has 2 aliphatic carbocycles. The molecule has 3 rings (SSSR count). The number of alkyl halides is 3. The van der Waals surface area contributed by atoms with Gasteiger partial charge in [0, 0.05) is 0 Å². The molecular formula is C26H31F4N. The molecule has 0 radical (unpaired) electrons. The zero-order chi connectivity index (χ0) is 22.3. The van der Waals surface area contributed by atoms with Crippen LogP contribution >= 0.6 is 0 Å². The Labute approximate surface area is 182 Å². The first-order valence-corrected chi connectivity index (χ1v) is 11.5. The number of hydrogen-bond acceptors (Lipinski definition) is 1. The van der Waals surface area contributed by atoms with Gasteiger partial charge < -0.3 is 0 Å². The highest BCUT2D eigenvalue weighted by molar-refractivity contribution is 5.27. The average molecular weight is 434 g/mol. The van der Waals surface area contributed by atoms with E-state index in [1.165, 1.54) is 37.1 Å². The van der Waals surface area contributed by atoms with Gasteiger partial charge in [-0.1, -0.05) is 24.3 Å². The van der Waals surface area contributed by atoms with Gasteiger partial charge in [-0.05, 0) is 112 Å². The van der Waals surface area contributed by atoms with E-state index in [-0.39, 0.29) is 0 Å². The Morgan fingerprint density at radius 1 is 0.903 bits per heavy atom. The molecule has 1 nitrogen and oxygen atoms in total. The van der Waals surface area contributed by atoms with E-state index in [4.69, 9.17) is 5.26 Å². The summed E-state index contributed by atoms with van der Waals surface area (Å²) in [5.41, 5.74) is 0.451. The van der Waals surface area contributed by atoms with Crippen molar-refractivity contribution < 1.29 is 17.6 Å². The maximum atomic E-state index is 12.9. The van der Waals surface area contributed by atoms with Crippen molar-refractivity contribution >= 4 is 0 Å². The predicted molar refractivity (Wildman–Crippen MR) is 115 cm³/mol. The normalized spacial score (nSPS) is 27.9. The Bertz CT molecular complexity index is 784. The lowest BCUT2D eigenvalue weighted by Gasteiger charge is -2.29. The molecule has 0 aliphatic heterocycles. The van der Waals surface area contributed by atoms with E-state index >= 15 is 0 Å². The van der Waals surface area contributed by atoms with Gasteiger partial charge in [-0.25, -0.2) is 0 Å². The maximum Gasteiger partial charge on any atom is 0.416 e. The third-order valence-electron chi connectivity index (χ3n) is 7.03. The molecule has 0 atom stereocenters. The van der Waals surface area contributed by atoms with Crippen molar-refractivity contribution in [3.05, 3.63) is 59.4 Å². The second-order valence-electron chi connectivity index (χ2n) is 9.14.